The maximum absolute atomic E-state index is 8.48. The maximum atomic E-state index is 8.48. The third-order valence-corrected chi connectivity index (χ3v) is 4.77. The van der Waals surface area contributed by atoms with Gasteiger partial charge in [0.25, 0.3) is 16.5 Å². The van der Waals surface area contributed by atoms with Gasteiger partial charge in [-0.05, 0) is 53.1 Å². The first-order valence-electron chi connectivity index (χ1n) is 10.6. The smallest absolute Gasteiger partial charge is 0.276 e. The molecule has 0 unspecified atom stereocenters. The fourth-order valence-electron chi connectivity index (χ4n) is 3.71. The average Bonchev–Trinajstić information content (AvgIpc) is 2.74. The molecule has 9 heteroatoms. The van der Waals surface area contributed by atoms with Crippen molar-refractivity contribution in [2.75, 3.05) is 0 Å². The number of rotatable bonds is 6. The summed E-state index contributed by atoms with van der Waals surface area (Å²) in [5.41, 5.74) is 9.76. The van der Waals surface area contributed by atoms with E-state index in [4.69, 9.17) is 28.7 Å². The summed E-state index contributed by atoms with van der Waals surface area (Å²) in [5.74, 6) is 0. The van der Waals surface area contributed by atoms with Crippen molar-refractivity contribution in [1.29, 1.82) is 0 Å². The topological polar surface area (TPSA) is 126 Å². The van der Waals surface area contributed by atoms with Gasteiger partial charge in [0.15, 0.2) is 0 Å². The van der Waals surface area contributed by atoms with Crippen molar-refractivity contribution in [3.8, 4) is 22.3 Å². The maximum Gasteiger partial charge on any atom is 0.276 e. The van der Waals surface area contributed by atoms with E-state index in [0.29, 0.717) is 0 Å². The molecule has 0 fully saturated rings. The number of hydrogen-bond acceptors (Lipinski definition) is 6. The molecule has 0 bridgehead atoms. The Balaban J connectivity index is 0.00000106. The van der Waals surface area contributed by atoms with Crippen molar-refractivity contribution < 1.29 is 28.7 Å². The van der Waals surface area contributed by atoms with Gasteiger partial charge in [0.05, 0.1) is 0 Å². The Morgan fingerprint density at radius 2 is 1.00 bits per heavy atom. The van der Waals surface area contributed by atoms with Crippen LogP contribution < -0.4 is 19.6 Å². The van der Waals surface area contributed by atoms with Crippen LogP contribution in [-0.2, 0) is 22.0 Å². The zero-order chi connectivity index (χ0) is 24.8. The third kappa shape index (κ3) is 12.3. The van der Waals surface area contributed by atoms with Crippen LogP contribution in [0, 0.1) is 6.92 Å². The first-order valence-corrected chi connectivity index (χ1v) is 12.8. The normalized spacial score (nSPS) is 9.50. The Hall–Kier alpha value is -1.42. The van der Waals surface area contributed by atoms with Crippen molar-refractivity contribution in [3.05, 3.63) is 83.4 Å². The summed E-state index contributed by atoms with van der Waals surface area (Å²) in [6.45, 7) is 6.76. The molecule has 0 heterocycles. The number of benzene rings is 3. The monoisotopic (exact) mass is 695 g/mol. The van der Waals surface area contributed by atoms with E-state index in [1.807, 2.05) is 0 Å². The molecule has 3 aromatic rings. The predicted octanol–water partition coefficient (Wildman–Crippen LogP) is 3.58. The van der Waals surface area contributed by atoms with Crippen molar-refractivity contribution in [2.24, 2.45) is 0 Å². The zero-order valence-electron chi connectivity index (χ0n) is 19.5. The molecular weight excluding hydrogens is 667 g/mol. The van der Waals surface area contributed by atoms with Crippen LogP contribution in [-0.4, -0.2) is 26.2 Å². The molecule has 181 valence electrons. The summed E-state index contributed by atoms with van der Waals surface area (Å²) in [5, 5.41) is 0. The van der Waals surface area contributed by atoms with Crippen LogP contribution in [0.1, 0.15) is 43.4 Å². The second-order valence-corrected chi connectivity index (χ2v) is 8.24. The minimum Gasteiger partial charge on any atom is -0.598 e. The van der Waals surface area contributed by atoms with Gasteiger partial charge in [-0.2, -0.15) is 0 Å². The molecule has 0 aliphatic rings. The number of hydrogen-bond donors (Lipinski definition) is 0. The van der Waals surface area contributed by atoms with Gasteiger partial charge in [0.1, 0.15) is 0 Å². The van der Waals surface area contributed by atoms with Gasteiger partial charge in [-0.25, -0.2) is 0 Å². The van der Waals surface area contributed by atoms with Crippen LogP contribution >= 0.6 is 16.5 Å². The van der Waals surface area contributed by atoms with Crippen LogP contribution in [0.25, 0.3) is 22.3 Å². The van der Waals surface area contributed by atoms with Crippen LogP contribution in [0.5, 0.6) is 0 Å². The van der Waals surface area contributed by atoms with E-state index in [9.17, 15) is 0 Å². The average molecular weight is 695 g/mol. The predicted molar refractivity (Wildman–Crippen MR) is 131 cm³/mol. The molecule has 3 rings (SSSR count). The molecule has 0 aliphatic carbocycles. The summed E-state index contributed by atoms with van der Waals surface area (Å²) >= 11 is 0. The SMILES string of the molecule is CCCc1cc(C)cc(CCC)c1-c1ccc(-c2ccccc2)cc1.O=[P+]([O-])[O-].O=[P+]([O-])[O-].[Bi]. The van der Waals surface area contributed by atoms with Crippen molar-refractivity contribution >= 4 is 42.7 Å². The van der Waals surface area contributed by atoms with Crippen LogP contribution in [0.3, 0.4) is 0 Å². The Kier molecular flexibility index (Phi) is 17.2. The van der Waals surface area contributed by atoms with Gasteiger partial charge >= 0.3 is 0 Å². The van der Waals surface area contributed by atoms with Gasteiger partial charge in [0.2, 0.25) is 0 Å². The molecule has 0 saturated carbocycles. The quantitative estimate of drug-likeness (QED) is 0.287. The molecule has 0 saturated heterocycles. The van der Waals surface area contributed by atoms with Crippen molar-refractivity contribution in [3.63, 3.8) is 0 Å². The second kappa shape index (κ2) is 17.9. The van der Waals surface area contributed by atoms with Crippen LogP contribution in [0.2, 0.25) is 0 Å². The van der Waals surface area contributed by atoms with Crippen LogP contribution in [0.4, 0.5) is 0 Å². The second-order valence-electron chi connectivity index (χ2n) is 7.35. The summed E-state index contributed by atoms with van der Waals surface area (Å²) in [6, 6.07) is 24.5. The molecule has 0 amide bonds. The Bertz CT molecular complexity index is 980. The molecular formula is C25H28BiO6P2-2. The Morgan fingerprint density at radius 1 is 0.647 bits per heavy atom. The Labute approximate surface area is 222 Å². The summed E-state index contributed by atoms with van der Waals surface area (Å²) in [7, 11) is -6.74. The summed E-state index contributed by atoms with van der Waals surface area (Å²) in [4.78, 5) is 33.9. The van der Waals surface area contributed by atoms with E-state index >= 15 is 0 Å². The standard InChI is InChI=1S/C25H28.Bi.2HO3P/c1-4-9-23-17-19(3)18-24(10-5-2)25(23)22-15-13-21(14-16-22)20-11-7-6-8-12-20;;2*1-4(2)3/h6-8,11-18H,4-5,9-10H2,1-3H3;;2*(H,1,2,3)/p-2. The van der Waals surface area contributed by atoms with Crippen LogP contribution in [0.15, 0.2) is 66.7 Å². The van der Waals surface area contributed by atoms with E-state index < -0.39 is 16.5 Å². The summed E-state index contributed by atoms with van der Waals surface area (Å²) in [6.07, 6.45) is 4.66. The zero-order valence-corrected chi connectivity index (χ0v) is 24.7. The van der Waals surface area contributed by atoms with E-state index in [2.05, 4.69) is 87.5 Å². The van der Waals surface area contributed by atoms with Crippen molar-refractivity contribution in [1.82, 2.24) is 0 Å². The van der Waals surface area contributed by atoms with Gasteiger partial charge in [-0.3, -0.25) is 0 Å². The third-order valence-electron chi connectivity index (χ3n) is 4.77. The van der Waals surface area contributed by atoms with Crippen molar-refractivity contribution in [2.45, 2.75) is 46.5 Å². The van der Waals surface area contributed by atoms with Gasteiger partial charge in [-0.1, -0.05) is 108 Å². The van der Waals surface area contributed by atoms with E-state index in [1.54, 1.807) is 0 Å². The molecule has 34 heavy (non-hydrogen) atoms. The van der Waals surface area contributed by atoms with E-state index in [0.717, 1.165) is 12.8 Å². The molecule has 6 nitrogen and oxygen atoms in total. The van der Waals surface area contributed by atoms with Gasteiger partial charge in [0, 0.05) is 26.2 Å². The van der Waals surface area contributed by atoms with Gasteiger partial charge in [-0.15, -0.1) is 0 Å². The molecule has 0 N–H and O–H groups in total. The fraction of sp³-hybridized carbons (Fsp3) is 0.280. The molecule has 0 atom stereocenters. The van der Waals surface area contributed by atoms with Gasteiger partial charge < -0.3 is 19.6 Å². The molecule has 3 radical (unpaired) electrons. The number of aryl methyl sites for hydroxylation is 3. The van der Waals surface area contributed by atoms with E-state index in [1.165, 1.54) is 51.8 Å². The Morgan fingerprint density at radius 3 is 1.38 bits per heavy atom. The molecule has 0 aromatic heterocycles. The first kappa shape index (κ1) is 32.6. The molecule has 3 aromatic carbocycles. The first-order chi connectivity index (χ1) is 15.7. The minimum absolute atomic E-state index is 0. The fourth-order valence-corrected chi connectivity index (χ4v) is 3.71. The molecule has 0 aliphatic heterocycles. The molecule has 0 spiro atoms. The minimum atomic E-state index is -3.37. The largest absolute Gasteiger partial charge is 0.598 e. The summed E-state index contributed by atoms with van der Waals surface area (Å²) < 4.78 is 17.0. The van der Waals surface area contributed by atoms with E-state index in [-0.39, 0.29) is 26.2 Å².